The summed E-state index contributed by atoms with van der Waals surface area (Å²) in [6.45, 7) is 0. The van der Waals surface area contributed by atoms with Crippen LogP contribution in [0.25, 0.3) is 12.2 Å². The Morgan fingerprint density at radius 2 is 1.38 bits per heavy atom. The zero-order chi connectivity index (χ0) is 18.5. The number of benzene rings is 2. The summed E-state index contributed by atoms with van der Waals surface area (Å²) in [6.07, 6.45) is 5.51. The van der Waals surface area contributed by atoms with Crippen LogP contribution in [0, 0.1) is 0 Å². The van der Waals surface area contributed by atoms with Crippen molar-refractivity contribution in [1.82, 2.24) is 4.90 Å². The number of amidine groups is 1. The summed E-state index contributed by atoms with van der Waals surface area (Å²) >= 11 is 0. The van der Waals surface area contributed by atoms with E-state index in [1.54, 1.807) is 27.3 Å². The number of ether oxygens (including phenoxy) is 2. The van der Waals surface area contributed by atoms with Crippen LogP contribution in [0.5, 0.6) is 11.5 Å². The van der Waals surface area contributed by atoms with Crippen LogP contribution in [0.15, 0.2) is 65.3 Å². The topological polar surface area (TPSA) is 51.1 Å². The number of hydrogen-bond donors (Lipinski definition) is 0. The van der Waals surface area contributed by atoms with E-state index in [-0.39, 0.29) is 5.91 Å². The number of aliphatic imine (C=N–C) groups is 1. The van der Waals surface area contributed by atoms with E-state index in [0.717, 1.165) is 22.6 Å². The van der Waals surface area contributed by atoms with E-state index in [2.05, 4.69) is 4.99 Å². The first-order valence-corrected chi connectivity index (χ1v) is 8.15. The molecule has 0 saturated heterocycles. The highest BCUT2D eigenvalue weighted by atomic mass is 16.5. The molecule has 3 rings (SSSR count). The maximum absolute atomic E-state index is 12.4. The molecule has 0 spiro atoms. The lowest BCUT2D eigenvalue weighted by atomic mass is 10.2. The lowest BCUT2D eigenvalue weighted by Crippen LogP contribution is -2.26. The van der Waals surface area contributed by atoms with E-state index in [1.807, 2.05) is 60.7 Å². The fourth-order valence-electron chi connectivity index (χ4n) is 2.51. The standard InChI is InChI=1S/C21H20N2O3/c1-23-20(13-8-15-4-9-17(25-2)10-5-15)22-19(21(23)24)14-16-6-11-18(26-3)12-7-16/h4-14H,1-3H3/b13-8+,19-14+. The maximum Gasteiger partial charge on any atom is 0.277 e. The van der Waals surface area contributed by atoms with Crippen LogP contribution in [-0.4, -0.2) is 37.9 Å². The molecular formula is C21H20N2O3. The largest absolute Gasteiger partial charge is 0.497 e. The van der Waals surface area contributed by atoms with Gasteiger partial charge in [0, 0.05) is 7.05 Å². The minimum atomic E-state index is -0.129. The van der Waals surface area contributed by atoms with Gasteiger partial charge in [-0.15, -0.1) is 0 Å². The molecule has 1 aliphatic heterocycles. The summed E-state index contributed by atoms with van der Waals surface area (Å²) in [4.78, 5) is 18.4. The number of nitrogens with zero attached hydrogens (tertiary/aromatic N) is 2. The molecule has 1 amide bonds. The monoisotopic (exact) mass is 348 g/mol. The first-order valence-electron chi connectivity index (χ1n) is 8.15. The third-order valence-corrected chi connectivity index (χ3v) is 4.06. The summed E-state index contributed by atoms with van der Waals surface area (Å²) in [5.41, 5.74) is 2.31. The van der Waals surface area contributed by atoms with Crippen LogP contribution in [0.3, 0.4) is 0 Å². The molecule has 0 radical (unpaired) electrons. The van der Waals surface area contributed by atoms with Crippen molar-refractivity contribution < 1.29 is 14.3 Å². The molecule has 5 heteroatoms. The van der Waals surface area contributed by atoms with Gasteiger partial charge in [0.15, 0.2) is 0 Å². The Bertz CT molecular complexity index is 878. The molecule has 0 N–H and O–H groups in total. The van der Waals surface area contributed by atoms with E-state index < -0.39 is 0 Å². The number of carbonyl (C=O) groups is 1. The van der Waals surface area contributed by atoms with Crippen LogP contribution in [0.1, 0.15) is 11.1 Å². The Labute approximate surface area is 152 Å². The van der Waals surface area contributed by atoms with Gasteiger partial charge in [-0.05, 0) is 47.5 Å². The number of rotatable bonds is 5. The molecular weight excluding hydrogens is 328 g/mol. The van der Waals surface area contributed by atoms with Crippen LogP contribution in [0.4, 0.5) is 0 Å². The van der Waals surface area contributed by atoms with Crippen LogP contribution < -0.4 is 9.47 Å². The Kier molecular flexibility index (Phi) is 5.17. The van der Waals surface area contributed by atoms with Crippen molar-refractivity contribution in [3.8, 4) is 11.5 Å². The lowest BCUT2D eigenvalue weighted by molar-refractivity contribution is -0.121. The Hall–Kier alpha value is -3.34. The van der Waals surface area contributed by atoms with E-state index >= 15 is 0 Å². The number of likely N-dealkylation sites (N-methyl/N-ethyl adjacent to an activating group) is 1. The highest BCUT2D eigenvalue weighted by molar-refractivity contribution is 6.18. The molecule has 0 fully saturated rings. The second-order valence-electron chi connectivity index (χ2n) is 5.74. The molecule has 0 saturated carbocycles. The number of hydrogen-bond acceptors (Lipinski definition) is 4. The Morgan fingerprint density at radius 3 is 1.92 bits per heavy atom. The van der Waals surface area contributed by atoms with Crippen molar-refractivity contribution in [1.29, 1.82) is 0 Å². The summed E-state index contributed by atoms with van der Waals surface area (Å²) in [5, 5.41) is 0. The van der Waals surface area contributed by atoms with Gasteiger partial charge < -0.3 is 9.47 Å². The summed E-state index contributed by atoms with van der Waals surface area (Å²) in [5.74, 6) is 2.05. The predicted molar refractivity (Wildman–Crippen MR) is 103 cm³/mol. The van der Waals surface area contributed by atoms with Gasteiger partial charge in [0.05, 0.1) is 14.2 Å². The molecule has 0 unspecified atom stereocenters. The van der Waals surface area contributed by atoms with Crippen molar-refractivity contribution in [3.63, 3.8) is 0 Å². The molecule has 26 heavy (non-hydrogen) atoms. The summed E-state index contributed by atoms with van der Waals surface area (Å²) in [7, 11) is 4.97. The van der Waals surface area contributed by atoms with Crippen LogP contribution >= 0.6 is 0 Å². The molecule has 1 heterocycles. The van der Waals surface area contributed by atoms with Crippen molar-refractivity contribution in [2.75, 3.05) is 21.3 Å². The third-order valence-electron chi connectivity index (χ3n) is 4.06. The van der Waals surface area contributed by atoms with Crippen molar-refractivity contribution in [3.05, 3.63) is 71.4 Å². The molecule has 132 valence electrons. The average molecular weight is 348 g/mol. The van der Waals surface area contributed by atoms with E-state index in [1.165, 1.54) is 4.90 Å². The molecule has 2 aromatic carbocycles. The van der Waals surface area contributed by atoms with Gasteiger partial charge in [-0.25, -0.2) is 4.99 Å². The van der Waals surface area contributed by atoms with Crippen LogP contribution in [0.2, 0.25) is 0 Å². The summed E-state index contributed by atoms with van der Waals surface area (Å²) < 4.78 is 10.3. The molecule has 2 aromatic rings. The van der Waals surface area contributed by atoms with Gasteiger partial charge in [0.2, 0.25) is 0 Å². The minimum Gasteiger partial charge on any atom is -0.497 e. The Morgan fingerprint density at radius 1 is 0.846 bits per heavy atom. The second kappa shape index (κ2) is 7.70. The van der Waals surface area contributed by atoms with Crippen molar-refractivity contribution in [2.45, 2.75) is 0 Å². The molecule has 0 bridgehead atoms. The fourth-order valence-corrected chi connectivity index (χ4v) is 2.51. The van der Waals surface area contributed by atoms with Gasteiger partial charge in [-0.1, -0.05) is 30.3 Å². The van der Waals surface area contributed by atoms with Gasteiger partial charge >= 0.3 is 0 Å². The third kappa shape index (κ3) is 3.83. The minimum absolute atomic E-state index is 0.129. The second-order valence-corrected chi connectivity index (χ2v) is 5.74. The van der Waals surface area contributed by atoms with E-state index in [9.17, 15) is 4.79 Å². The van der Waals surface area contributed by atoms with Gasteiger partial charge in [0.25, 0.3) is 5.91 Å². The van der Waals surface area contributed by atoms with Gasteiger partial charge in [0.1, 0.15) is 23.0 Å². The van der Waals surface area contributed by atoms with Gasteiger partial charge in [-0.3, -0.25) is 9.69 Å². The first kappa shape index (κ1) is 17.5. The average Bonchev–Trinajstić information content (AvgIpc) is 2.95. The number of methoxy groups -OCH3 is 2. The quantitative estimate of drug-likeness (QED) is 0.776. The maximum atomic E-state index is 12.4. The zero-order valence-electron chi connectivity index (χ0n) is 15.0. The van der Waals surface area contributed by atoms with Crippen LogP contribution in [-0.2, 0) is 4.79 Å². The van der Waals surface area contributed by atoms with Crippen molar-refractivity contribution >= 4 is 23.9 Å². The van der Waals surface area contributed by atoms with E-state index in [0.29, 0.717) is 11.5 Å². The number of carbonyl (C=O) groups excluding carboxylic acids is 1. The highest BCUT2D eigenvalue weighted by Crippen LogP contribution is 2.20. The first-order chi connectivity index (χ1) is 12.6. The normalized spacial score (nSPS) is 15.7. The Balaban J connectivity index is 1.80. The van der Waals surface area contributed by atoms with Crippen molar-refractivity contribution in [2.24, 2.45) is 4.99 Å². The predicted octanol–water partition coefficient (Wildman–Crippen LogP) is 3.63. The van der Waals surface area contributed by atoms with Gasteiger partial charge in [-0.2, -0.15) is 0 Å². The molecule has 5 nitrogen and oxygen atoms in total. The molecule has 0 atom stereocenters. The molecule has 0 aliphatic carbocycles. The van der Waals surface area contributed by atoms with E-state index in [4.69, 9.17) is 9.47 Å². The number of amides is 1. The lowest BCUT2D eigenvalue weighted by Gasteiger charge is -2.07. The molecule has 1 aliphatic rings. The molecule has 0 aromatic heterocycles. The smallest absolute Gasteiger partial charge is 0.277 e. The highest BCUT2D eigenvalue weighted by Gasteiger charge is 2.24. The SMILES string of the molecule is COc1ccc(/C=C/C2=NC(=C/c3ccc(OC)cc3)/C(=O)N2C)cc1. The zero-order valence-corrected chi connectivity index (χ0v) is 15.0. The summed E-state index contributed by atoms with van der Waals surface area (Å²) in [6, 6.07) is 15.1. The fraction of sp³-hybridized carbons (Fsp3) is 0.143.